The second-order valence-corrected chi connectivity index (χ2v) is 6.91. The van der Waals surface area contributed by atoms with Gasteiger partial charge in [0.2, 0.25) is 0 Å². The summed E-state index contributed by atoms with van der Waals surface area (Å²) in [6, 6.07) is 9.82. The molecular formula is C19H23N5O3. The Balaban J connectivity index is 1.82. The first-order valence-corrected chi connectivity index (χ1v) is 9.12. The molecule has 0 bridgehead atoms. The smallest absolute Gasteiger partial charge is 0.331 e. The lowest BCUT2D eigenvalue weighted by molar-refractivity contribution is 0.120. The van der Waals surface area contributed by atoms with Gasteiger partial charge in [-0.2, -0.15) is 5.10 Å². The molecule has 3 aromatic rings. The Bertz CT molecular complexity index is 1070. The molecule has 0 aliphatic carbocycles. The van der Waals surface area contributed by atoms with Crippen LogP contribution >= 0.6 is 0 Å². The van der Waals surface area contributed by atoms with Crippen LogP contribution < -0.4 is 16.6 Å². The third kappa shape index (κ3) is 3.16. The summed E-state index contributed by atoms with van der Waals surface area (Å²) >= 11 is 0. The summed E-state index contributed by atoms with van der Waals surface area (Å²) in [5, 5.41) is 7.91. The molecule has 3 heterocycles. The van der Waals surface area contributed by atoms with Crippen LogP contribution in [0.2, 0.25) is 0 Å². The summed E-state index contributed by atoms with van der Waals surface area (Å²) in [4.78, 5) is 25.2. The van der Waals surface area contributed by atoms with Crippen molar-refractivity contribution in [3.8, 4) is 0 Å². The Morgan fingerprint density at radius 3 is 2.63 bits per heavy atom. The van der Waals surface area contributed by atoms with Crippen LogP contribution in [0.15, 0.2) is 39.9 Å². The van der Waals surface area contributed by atoms with E-state index < -0.39 is 0 Å². The van der Waals surface area contributed by atoms with Crippen LogP contribution in [0.25, 0.3) is 11.0 Å². The van der Waals surface area contributed by atoms with Crippen LogP contribution in [0.4, 0.5) is 5.82 Å². The molecule has 1 saturated heterocycles. The highest BCUT2D eigenvalue weighted by Crippen LogP contribution is 2.21. The minimum atomic E-state index is -0.369. The average molecular weight is 369 g/mol. The Labute approximate surface area is 156 Å². The molecule has 8 nitrogen and oxygen atoms in total. The average Bonchev–Trinajstić information content (AvgIpc) is 3.31. The van der Waals surface area contributed by atoms with Gasteiger partial charge < -0.3 is 10.1 Å². The molecule has 1 fully saturated rings. The number of hydrogen-bond acceptors (Lipinski definition) is 5. The van der Waals surface area contributed by atoms with Crippen molar-refractivity contribution in [1.82, 2.24) is 18.9 Å². The van der Waals surface area contributed by atoms with Crippen molar-refractivity contribution in [1.29, 1.82) is 0 Å². The number of anilines is 1. The van der Waals surface area contributed by atoms with E-state index in [1.54, 1.807) is 11.7 Å². The van der Waals surface area contributed by atoms with Gasteiger partial charge in [0, 0.05) is 27.2 Å². The van der Waals surface area contributed by atoms with Gasteiger partial charge in [-0.05, 0) is 18.4 Å². The molecule has 0 saturated carbocycles. The monoisotopic (exact) mass is 369 g/mol. The quantitative estimate of drug-likeness (QED) is 0.727. The first kappa shape index (κ1) is 17.5. The molecule has 8 heteroatoms. The van der Waals surface area contributed by atoms with Crippen LogP contribution in [0.3, 0.4) is 0 Å². The lowest BCUT2D eigenvalue weighted by Crippen LogP contribution is -2.37. The first-order valence-electron chi connectivity index (χ1n) is 9.12. The molecule has 1 aromatic carbocycles. The molecule has 27 heavy (non-hydrogen) atoms. The summed E-state index contributed by atoms with van der Waals surface area (Å²) in [5.74, 6) is 0.536. The van der Waals surface area contributed by atoms with Gasteiger partial charge in [0.15, 0.2) is 11.3 Å². The number of benzene rings is 1. The second-order valence-electron chi connectivity index (χ2n) is 6.91. The van der Waals surface area contributed by atoms with Gasteiger partial charge in [0.05, 0.1) is 12.6 Å². The molecule has 1 N–H and O–H groups in total. The third-order valence-corrected chi connectivity index (χ3v) is 5.04. The minimum absolute atomic E-state index is 0.128. The standard InChI is InChI=1S/C19H23N5O3/c1-22-15-16(18(25)23(2)19(22)26)24(12-13-7-4-3-5-8-13)21-17(15)20-11-14-9-6-10-27-14/h3-5,7-8,14H,6,9-12H2,1-2H3,(H,20,21). The van der Waals surface area contributed by atoms with Crippen LogP contribution in [0.1, 0.15) is 18.4 Å². The van der Waals surface area contributed by atoms with Crippen molar-refractivity contribution in [2.45, 2.75) is 25.5 Å². The molecule has 2 aromatic heterocycles. The molecule has 4 rings (SSSR count). The van der Waals surface area contributed by atoms with Gasteiger partial charge >= 0.3 is 5.69 Å². The molecule has 0 radical (unpaired) electrons. The number of ether oxygens (including phenoxy) is 1. The summed E-state index contributed by atoms with van der Waals surface area (Å²) < 4.78 is 9.92. The molecule has 1 atom stereocenters. The SMILES string of the molecule is Cn1c(=O)c2c(c(NCC3CCCO3)nn2Cc2ccccc2)n(C)c1=O. The van der Waals surface area contributed by atoms with Crippen molar-refractivity contribution >= 4 is 16.9 Å². The van der Waals surface area contributed by atoms with Crippen LogP contribution in [0.5, 0.6) is 0 Å². The van der Waals surface area contributed by atoms with Gasteiger partial charge in [-0.1, -0.05) is 30.3 Å². The largest absolute Gasteiger partial charge is 0.376 e. The van der Waals surface area contributed by atoms with E-state index in [1.807, 2.05) is 30.3 Å². The molecule has 142 valence electrons. The van der Waals surface area contributed by atoms with Crippen LogP contribution in [0, 0.1) is 0 Å². The van der Waals surface area contributed by atoms with E-state index in [0.29, 0.717) is 29.9 Å². The predicted molar refractivity (Wildman–Crippen MR) is 103 cm³/mol. The summed E-state index contributed by atoms with van der Waals surface area (Å²) in [7, 11) is 3.15. The van der Waals surface area contributed by atoms with E-state index in [1.165, 1.54) is 11.6 Å². The zero-order valence-corrected chi connectivity index (χ0v) is 15.5. The highest BCUT2D eigenvalue weighted by Gasteiger charge is 2.21. The fraction of sp³-hybridized carbons (Fsp3) is 0.421. The van der Waals surface area contributed by atoms with Gasteiger partial charge in [-0.3, -0.25) is 18.6 Å². The predicted octanol–water partition coefficient (Wildman–Crippen LogP) is 1.07. The topological polar surface area (TPSA) is 83.1 Å². The van der Waals surface area contributed by atoms with Crippen molar-refractivity contribution in [2.24, 2.45) is 14.1 Å². The molecular weight excluding hydrogens is 346 g/mol. The molecule has 1 aliphatic rings. The highest BCUT2D eigenvalue weighted by atomic mass is 16.5. The normalized spacial score (nSPS) is 16.9. The Morgan fingerprint density at radius 1 is 1.15 bits per heavy atom. The van der Waals surface area contributed by atoms with E-state index in [4.69, 9.17) is 4.74 Å². The zero-order valence-electron chi connectivity index (χ0n) is 15.5. The Hall–Kier alpha value is -2.87. The Kier molecular flexibility index (Phi) is 4.57. The number of rotatable bonds is 5. The van der Waals surface area contributed by atoms with Crippen LogP contribution in [-0.4, -0.2) is 38.2 Å². The van der Waals surface area contributed by atoms with Gasteiger partial charge in [0.25, 0.3) is 5.56 Å². The van der Waals surface area contributed by atoms with Gasteiger partial charge in [-0.25, -0.2) is 4.79 Å². The van der Waals surface area contributed by atoms with Crippen molar-refractivity contribution < 1.29 is 4.74 Å². The van der Waals surface area contributed by atoms with Crippen molar-refractivity contribution in [3.05, 3.63) is 56.7 Å². The van der Waals surface area contributed by atoms with Crippen LogP contribution in [-0.2, 0) is 25.4 Å². The second kappa shape index (κ2) is 7.03. The summed E-state index contributed by atoms with van der Waals surface area (Å²) in [6.45, 7) is 1.82. The third-order valence-electron chi connectivity index (χ3n) is 5.04. The van der Waals surface area contributed by atoms with Gasteiger partial charge in [-0.15, -0.1) is 0 Å². The number of aromatic nitrogens is 4. The lowest BCUT2D eigenvalue weighted by Gasteiger charge is -2.11. The number of nitrogens with zero attached hydrogens (tertiary/aromatic N) is 4. The number of fused-ring (bicyclic) bond motifs is 1. The number of aryl methyl sites for hydroxylation is 1. The fourth-order valence-corrected chi connectivity index (χ4v) is 3.55. The van der Waals surface area contributed by atoms with Crippen molar-refractivity contribution in [3.63, 3.8) is 0 Å². The molecule has 1 aliphatic heterocycles. The highest BCUT2D eigenvalue weighted by molar-refractivity contribution is 5.86. The van der Waals surface area contributed by atoms with E-state index >= 15 is 0 Å². The summed E-state index contributed by atoms with van der Waals surface area (Å²) in [5.41, 5.74) is 1.26. The molecule has 1 unspecified atom stereocenters. The lowest BCUT2D eigenvalue weighted by atomic mass is 10.2. The maximum atomic E-state index is 12.8. The van der Waals surface area contributed by atoms with E-state index in [0.717, 1.165) is 29.6 Å². The summed E-state index contributed by atoms with van der Waals surface area (Å²) in [6.07, 6.45) is 2.17. The molecule has 0 amide bonds. The van der Waals surface area contributed by atoms with E-state index in [2.05, 4.69) is 10.4 Å². The zero-order chi connectivity index (χ0) is 19.0. The van der Waals surface area contributed by atoms with Gasteiger partial charge in [0.1, 0.15) is 5.52 Å². The van der Waals surface area contributed by atoms with E-state index in [9.17, 15) is 9.59 Å². The Morgan fingerprint density at radius 2 is 1.93 bits per heavy atom. The van der Waals surface area contributed by atoms with Crippen molar-refractivity contribution in [2.75, 3.05) is 18.5 Å². The fourth-order valence-electron chi connectivity index (χ4n) is 3.55. The maximum absolute atomic E-state index is 12.8. The minimum Gasteiger partial charge on any atom is -0.376 e. The molecule has 0 spiro atoms. The van der Waals surface area contributed by atoms with E-state index in [-0.39, 0.29) is 17.4 Å². The first-order chi connectivity index (χ1) is 13.1. The maximum Gasteiger partial charge on any atom is 0.331 e. The number of hydrogen-bond donors (Lipinski definition) is 1. The number of nitrogens with one attached hydrogen (secondary N) is 1.